The van der Waals surface area contributed by atoms with Gasteiger partial charge in [0.05, 0.1) is 5.69 Å². The number of benzene rings is 2. The lowest BCUT2D eigenvalue weighted by atomic mass is 10.1. The first kappa shape index (κ1) is 18.2. The van der Waals surface area contributed by atoms with Gasteiger partial charge in [0.15, 0.2) is 17.3 Å². The minimum Gasteiger partial charge on any atom is -0.508 e. The van der Waals surface area contributed by atoms with Crippen LogP contribution in [0.2, 0.25) is 0 Å². The van der Waals surface area contributed by atoms with Crippen LogP contribution < -0.4 is 0 Å². The molecule has 2 aromatic carbocycles. The van der Waals surface area contributed by atoms with Crippen LogP contribution in [0.1, 0.15) is 33.7 Å². The van der Waals surface area contributed by atoms with Crippen LogP contribution in [0.15, 0.2) is 42.5 Å². The van der Waals surface area contributed by atoms with Crippen molar-refractivity contribution in [2.24, 2.45) is 0 Å². The highest BCUT2D eigenvalue weighted by Gasteiger charge is 2.28. The summed E-state index contributed by atoms with van der Waals surface area (Å²) in [5.41, 5.74) is 3.36. The van der Waals surface area contributed by atoms with E-state index in [1.54, 1.807) is 40.9 Å². The molecule has 1 N–H and O–H groups in total. The number of carbonyl (C=O) groups is 1. The van der Waals surface area contributed by atoms with Gasteiger partial charge in [0.2, 0.25) is 0 Å². The fourth-order valence-corrected chi connectivity index (χ4v) is 3.57. The van der Waals surface area contributed by atoms with Crippen LogP contribution in [0.5, 0.6) is 5.75 Å². The lowest BCUT2D eigenvalue weighted by molar-refractivity contribution is 0.0777. The van der Waals surface area contributed by atoms with Crippen molar-refractivity contribution >= 4 is 5.91 Å². The molecule has 5 nitrogen and oxygen atoms in total. The second-order valence-corrected chi connectivity index (χ2v) is 6.97. The van der Waals surface area contributed by atoms with Crippen LogP contribution in [-0.2, 0) is 19.4 Å². The van der Waals surface area contributed by atoms with Crippen molar-refractivity contribution in [1.82, 2.24) is 14.7 Å². The fourth-order valence-electron chi connectivity index (χ4n) is 3.57. The van der Waals surface area contributed by atoms with Crippen molar-refractivity contribution in [1.29, 1.82) is 0 Å². The third kappa shape index (κ3) is 3.24. The summed E-state index contributed by atoms with van der Waals surface area (Å²) in [6.45, 7) is 0.367. The highest BCUT2D eigenvalue weighted by atomic mass is 19.2. The molecule has 7 heteroatoms. The van der Waals surface area contributed by atoms with E-state index in [1.165, 1.54) is 6.07 Å². The topological polar surface area (TPSA) is 58.4 Å². The minimum atomic E-state index is -0.947. The standard InChI is InChI=1S/C21H19F2N3O2/c1-25(12-13-5-8-15(27)9-6-13)21(28)20-16-3-2-4-19(16)26(24-20)14-7-10-17(22)18(23)11-14/h5-11,27H,2-4,12H2,1H3. The maximum atomic E-state index is 13.7. The van der Waals surface area contributed by atoms with Gasteiger partial charge in [-0.3, -0.25) is 4.79 Å². The molecule has 1 aromatic heterocycles. The predicted molar refractivity (Wildman–Crippen MR) is 99.4 cm³/mol. The molecule has 144 valence electrons. The molecule has 1 aliphatic rings. The van der Waals surface area contributed by atoms with E-state index in [0.717, 1.165) is 48.2 Å². The fraction of sp³-hybridized carbons (Fsp3) is 0.238. The van der Waals surface area contributed by atoms with Gasteiger partial charge >= 0.3 is 0 Å². The van der Waals surface area contributed by atoms with Crippen LogP contribution in [0.25, 0.3) is 5.69 Å². The van der Waals surface area contributed by atoms with Gasteiger partial charge in [0.25, 0.3) is 5.91 Å². The van der Waals surface area contributed by atoms with Gasteiger partial charge in [-0.05, 0) is 49.1 Å². The van der Waals surface area contributed by atoms with Gasteiger partial charge < -0.3 is 10.0 Å². The van der Waals surface area contributed by atoms with Gasteiger partial charge in [-0.1, -0.05) is 12.1 Å². The number of rotatable bonds is 4. The second-order valence-electron chi connectivity index (χ2n) is 6.97. The Kier molecular flexibility index (Phi) is 4.58. The first-order valence-corrected chi connectivity index (χ1v) is 9.03. The van der Waals surface area contributed by atoms with Crippen molar-refractivity contribution in [3.05, 3.63) is 76.6 Å². The number of hydrogen-bond donors (Lipinski definition) is 1. The summed E-state index contributed by atoms with van der Waals surface area (Å²) >= 11 is 0. The summed E-state index contributed by atoms with van der Waals surface area (Å²) in [4.78, 5) is 14.6. The third-order valence-corrected chi connectivity index (χ3v) is 4.98. The lowest BCUT2D eigenvalue weighted by Gasteiger charge is -2.16. The lowest BCUT2D eigenvalue weighted by Crippen LogP contribution is -2.27. The van der Waals surface area contributed by atoms with E-state index in [4.69, 9.17) is 0 Å². The van der Waals surface area contributed by atoms with Gasteiger partial charge in [-0.15, -0.1) is 0 Å². The molecule has 28 heavy (non-hydrogen) atoms. The SMILES string of the molecule is CN(Cc1ccc(O)cc1)C(=O)c1nn(-c2ccc(F)c(F)c2)c2c1CCC2. The summed E-state index contributed by atoms with van der Waals surface area (Å²) < 4.78 is 28.5. The molecule has 3 aromatic rings. The molecule has 0 unspecified atom stereocenters. The Bertz CT molecular complexity index is 1040. The number of fused-ring (bicyclic) bond motifs is 1. The van der Waals surface area contributed by atoms with Crippen LogP contribution in [0, 0.1) is 11.6 Å². The first-order valence-electron chi connectivity index (χ1n) is 9.03. The number of carbonyl (C=O) groups excluding carboxylic acids is 1. The highest BCUT2D eigenvalue weighted by molar-refractivity contribution is 5.94. The summed E-state index contributed by atoms with van der Waals surface area (Å²) in [7, 11) is 1.69. The summed E-state index contributed by atoms with van der Waals surface area (Å²) in [6.07, 6.45) is 2.35. The average Bonchev–Trinajstić information content (AvgIpc) is 3.28. The molecule has 0 saturated heterocycles. The van der Waals surface area contributed by atoms with E-state index in [0.29, 0.717) is 17.9 Å². The van der Waals surface area contributed by atoms with Crippen molar-refractivity contribution in [2.75, 3.05) is 7.05 Å². The first-order chi connectivity index (χ1) is 13.4. The van der Waals surface area contributed by atoms with Gasteiger partial charge in [-0.25, -0.2) is 13.5 Å². The number of phenols is 1. The number of nitrogens with zero attached hydrogens (tertiary/aromatic N) is 3. The van der Waals surface area contributed by atoms with Crippen molar-refractivity contribution in [3.8, 4) is 11.4 Å². The van der Waals surface area contributed by atoms with Gasteiger partial charge in [0.1, 0.15) is 5.75 Å². The molecule has 1 amide bonds. The maximum absolute atomic E-state index is 13.7. The highest BCUT2D eigenvalue weighted by Crippen LogP contribution is 2.29. The summed E-state index contributed by atoms with van der Waals surface area (Å²) in [5.74, 6) is -1.93. The molecule has 0 aliphatic heterocycles. The molecule has 1 heterocycles. The molecule has 0 spiro atoms. The summed E-state index contributed by atoms with van der Waals surface area (Å²) in [6, 6.07) is 10.3. The zero-order chi connectivity index (χ0) is 19.8. The van der Waals surface area contributed by atoms with E-state index >= 15 is 0 Å². The Labute approximate surface area is 160 Å². The number of hydrogen-bond acceptors (Lipinski definition) is 3. The zero-order valence-corrected chi connectivity index (χ0v) is 15.3. The molecule has 0 bridgehead atoms. The second kappa shape index (κ2) is 7.07. The summed E-state index contributed by atoms with van der Waals surface area (Å²) in [5, 5.41) is 13.8. The van der Waals surface area contributed by atoms with E-state index in [9.17, 15) is 18.7 Å². The predicted octanol–water partition coefficient (Wildman–Crippen LogP) is 3.62. The Morgan fingerprint density at radius 1 is 1.14 bits per heavy atom. The van der Waals surface area contributed by atoms with Gasteiger partial charge in [0, 0.05) is 30.9 Å². The van der Waals surface area contributed by atoms with Crippen molar-refractivity contribution in [2.45, 2.75) is 25.8 Å². The van der Waals surface area contributed by atoms with Crippen molar-refractivity contribution in [3.63, 3.8) is 0 Å². The van der Waals surface area contributed by atoms with Crippen LogP contribution in [-0.4, -0.2) is 32.7 Å². The van der Waals surface area contributed by atoms with E-state index in [1.807, 2.05) is 0 Å². The average molecular weight is 383 g/mol. The zero-order valence-electron chi connectivity index (χ0n) is 15.3. The largest absolute Gasteiger partial charge is 0.508 e. The molecule has 0 saturated carbocycles. The maximum Gasteiger partial charge on any atom is 0.274 e. The number of aromatic hydroxyl groups is 1. The third-order valence-electron chi connectivity index (χ3n) is 4.98. The Morgan fingerprint density at radius 3 is 2.61 bits per heavy atom. The monoisotopic (exact) mass is 383 g/mol. The number of amides is 1. The van der Waals surface area contributed by atoms with Crippen LogP contribution in [0.3, 0.4) is 0 Å². The smallest absolute Gasteiger partial charge is 0.274 e. The Hall–Kier alpha value is -3.22. The van der Waals surface area contributed by atoms with Crippen LogP contribution >= 0.6 is 0 Å². The van der Waals surface area contributed by atoms with E-state index < -0.39 is 11.6 Å². The quantitative estimate of drug-likeness (QED) is 0.749. The molecular formula is C21H19F2N3O2. The molecule has 0 radical (unpaired) electrons. The van der Waals surface area contributed by atoms with Crippen LogP contribution in [0.4, 0.5) is 8.78 Å². The number of halogens is 2. The Morgan fingerprint density at radius 2 is 1.89 bits per heavy atom. The number of aromatic nitrogens is 2. The van der Waals surface area contributed by atoms with Gasteiger partial charge in [-0.2, -0.15) is 5.10 Å². The van der Waals surface area contributed by atoms with E-state index in [-0.39, 0.29) is 11.7 Å². The molecular weight excluding hydrogens is 364 g/mol. The number of phenolic OH excluding ortho intramolecular Hbond substituents is 1. The normalized spacial score (nSPS) is 12.8. The molecule has 0 fully saturated rings. The molecule has 1 aliphatic carbocycles. The minimum absolute atomic E-state index is 0.167. The Balaban J connectivity index is 1.65. The van der Waals surface area contributed by atoms with Crippen molar-refractivity contribution < 1.29 is 18.7 Å². The molecule has 4 rings (SSSR count). The van der Waals surface area contributed by atoms with E-state index in [2.05, 4.69) is 5.10 Å². The molecule has 0 atom stereocenters.